The highest BCUT2D eigenvalue weighted by molar-refractivity contribution is 7.80. The molecule has 24 heavy (non-hydrogen) atoms. The van der Waals surface area contributed by atoms with Crippen molar-refractivity contribution in [2.45, 2.75) is 44.8 Å². The van der Waals surface area contributed by atoms with Crippen molar-refractivity contribution in [2.24, 2.45) is 0 Å². The molecule has 2 rings (SSSR count). The van der Waals surface area contributed by atoms with Crippen molar-refractivity contribution in [1.82, 2.24) is 20.8 Å². The number of hydrogen-bond acceptors (Lipinski definition) is 7. The molecule has 2 aliphatic heterocycles. The van der Waals surface area contributed by atoms with Gasteiger partial charge in [0.1, 0.15) is 6.04 Å². The quantitative estimate of drug-likeness (QED) is 0.284. The van der Waals surface area contributed by atoms with Crippen LogP contribution < -0.4 is 10.8 Å². The first-order chi connectivity index (χ1) is 11.2. The molecule has 2 atom stereocenters. The molecule has 3 N–H and O–H groups in total. The van der Waals surface area contributed by atoms with Crippen molar-refractivity contribution in [1.29, 1.82) is 0 Å². The molecule has 3 amide bonds. The molecule has 0 aromatic carbocycles. The average molecular weight is 366 g/mol. The zero-order valence-electron chi connectivity index (χ0n) is 13.5. The van der Waals surface area contributed by atoms with E-state index >= 15 is 0 Å². The number of rotatable bonds is 8. The lowest BCUT2D eigenvalue weighted by molar-refractivity contribution is -0.138. The van der Waals surface area contributed by atoms with Crippen LogP contribution in [0.15, 0.2) is 0 Å². The second-order valence-electron chi connectivity index (χ2n) is 5.93. The minimum atomic E-state index is -4.80. The van der Waals surface area contributed by atoms with E-state index in [2.05, 4.69) is 15.1 Å². The van der Waals surface area contributed by atoms with Crippen molar-refractivity contribution in [2.75, 3.05) is 19.7 Å². The highest BCUT2D eigenvalue weighted by Gasteiger charge is 2.49. The van der Waals surface area contributed by atoms with Crippen LogP contribution in [0.25, 0.3) is 0 Å². The van der Waals surface area contributed by atoms with Gasteiger partial charge in [0.05, 0.1) is 12.6 Å². The lowest BCUT2D eigenvalue weighted by Crippen LogP contribution is -2.50. The lowest BCUT2D eigenvalue weighted by atomic mass is 10.0. The summed E-state index contributed by atoms with van der Waals surface area (Å²) < 4.78 is 34.6. The second-order valence-corrected chi connectivity index (χ2v) is 6.94. The summed E-state index contributed by atoms with van der Waals surface area (Å²) in [5.41, 5.74) is 2.29. The Kier molecular flexibility index (Phi) is 5.98. The fourth-order valence-electron chi connectivity index (χ4n) is 2.69. The fraction of sp³-hybridized carbons (Fsp3) is 0.833. The maximum atomic E-state index is 12.2. The molecule has 0 aromatic rings. The maximum absolute atomic E-state index is 12.2. The van der Waals surface area contributed by atoms with Crippen LogP contribution in [0.4, 0.5) is 4.79 Å². The minimum absolute atomic E-state index is 0.140. The van der Waals surface area contributed by atoms with Crippen LogP contribution in [0.3, 0.4) is 0 Å². The van der Waals surface area contributed by atoms with Gasteiger partial charge in [-0.05, 0) is 12.8 Å². The molecule has 12 heteroatoms. The zero-order valence-corrected chi connectivity index (χ0v) is 14.3. The van der Waals surface area contributed by atoms with Crippen molar-refractivity contribution in [3.05, 3.63) is 0 Å². The van der Waals surface area contributed by atoms with Gasteiger partial charge < -0.3 is 10.2 Å². The molecule has 2 aliphatic rings. The minimum Gasteiger partial charge on any atom is -0.312 e. The van der Waals surface area contributed by atoms with Crippen LogP contribution in [-0.2, 0) is 24.3 Å². The van der Waals surface area contributed by atoms with Crippen LogP contribution in [0.2, 0.25) is 0 Å². The van der Waals surface area contributed by atoms with E-state index in [0.29, 0.717) is 30.5 Å². The van der Waals surface area contributed by atoms with Gasteiger partial charge in [-0.3, -0.25) is 14.2 Å². The van der Waals surface area contributed by atoms with Crippen LogP contribution >= 0.6 is 0 Å². The van der Waals surface area contributed by atoms with E-state index in [9.17, 15) is 18.0 Å². The molecule has 11 nitrogen and oxygen atoms in total. The Morgan fingerprint density at radius 1 is 1.42 bits per heavy atom. The van der Waals surface area contributed by atoms with E-state index < -0.39 is 34.4 Å². The summed E-state index contributed by atoms with van der Waals surface area (Å²) in [6, 6.07) is -1.78. The predicted molar refractivity (Wildman–Crippen MR) is 80.6 cm³/mol. The van der Waals surface area contributed by atoms with E-state index in [1.54, 1.807) is 0 Å². The summed E-state index contributed by atoms with van der Waals surface area (Å²) in [6.07, 6.45) is 0.700. The Bertz CT molecular complexity index is 582. The number of amides is 3. The Morgan fingerprint density at radius 3 is 2.75 bits per heavy atom. The Balaban J connectivity index is 1.85. The van der Waals surface area contributed by atoms with E-state index in [-0.39, 0.29) is 13.2 Å². The number of piperidine rings is 1. The molecule has 0 aromatic heterocycles. The summed E-state index contributed by atoms with van der Waals surface area (Å²) in [5.74, 6) is -0.486. The van der Waals surface area contributed by atoms with Gasteiger partial charge in [-0.25, -0.2) is 10.3 Å². The van der Waals surface area contributed by atoms with Gasteiger partial charge in [0.15, 0.2) is 0 Å². The monoisotopic (exact) mass is 366 g/mol. The van der Waals surface area contributed by atoms with Gasteiger partial charge in [0, 0.05) is 19.1 Å². The fourth-order valence-corrected chi connectivity index (χ4v) is 3.08. The van der Waals surface area contributed by atoms with Gasteiger partial charge in [0.2, 0.25) is 0 Å². The Morgan fingerprint density at radius 2 is 2.12 bits per heavy atom. The topological polar surface area (TPSA) is 138 Å². The predicted octanol–water partition coefficient (Wildman–Crippen LogP) is -0.965. The van der Waals surface area contributed by atoms with Crippen LogP contribution in [0.1, 0.15) is 26.7 Å². The van der Waals surface area contributed by atoms with E-state index in [0.717, 1.165) is 0 Å². The molecule has 2 saturated heterocycles. The van der Waals surface area contributed by atoms with Crippen molar-refractivity contribution in [3.63, 3.8) is 0 Å². The molecule has 2 fully saturated rings. The molecular formula is C12H22N4O7S. The number of carbonyl (C=O) groups is 2. The maximum Gasteiger partial charge on any atom is 0.418 e. The molecule has 0 aliphatic carbocycles. The molecule has 0 radical (unpaired) electrons. The van der Waals surface area contributed by atoms with E-state index in [4.69, 9.17) is 9.39 Å². The van der Waals surface area contributed by atoms with Gasteiger partial charge in [-0.1, -0.05) is 13.8 Å². The van der Waals surface area contributed by atoms with Gasteiger partial charge >= 0.3 is 16.4 Å². The standard InChI is InChI=1S/C12H22N4O7S/c1-8(2)13-5-6-22-14-11(17)10-4-3-9-7-15(10)12(18)16(9)23-24(19,20)21/h8-10,13H,3-7H2,1-2H3,(H,14,17)(H,19,20,21)/t9-,10+/m1/s1. The van der Waals surface area contributed by atoms with Crippen molar-refractivity contribution < 1.29 is 31.7 Å². The third-order valence-corrected chi connectivity index (χ3v) is 4.08. The summed E-state index contributed by atoms with van der Waals surface area (Å²) in [4.78, 5) is 30.6. The smallest absolute Gasteiger partial charge is 0.312 e. The largest absolute Gasteiger partial charge is 0.418 e. The van der Waals surface area contributed by atoms with Crippen LogP contribution in [-0.4, -0.2) is 72.7 Å². The number of nitrogens with zero attached hydrogens (tertiary/aromatic N) is 2. The van der Waals surface area contributed by atoms with Gasteiger partial charge in [-0.15, -0.1) is 4.28 Å². The van der Waals surface area contributed by atoms with Crippen LogP contribution in [0.5, 0.6) is 0 Å². The lowest BCUT2D eigenvalue weighted by Gasteiger charge is -2.28. The summed E-state index contributed by atoms with van der Waals surface area (Å²) >= 11 is 0. The average Bonchev–Trinajstić information content (AvgIpc) is 2.70. The van der Waals surface area contributed by atoms with Crippen molar-refractivity contribution in [3.8, 4) is 0 Å². The third kappa shape index (κ3) is 4.77. The number of urea groups is 1. The first-order valence-electron chi connectivity index (χ1n) is 7.61. The number of fused-ring (bicyclic) bond motifs is 2. The second kappa shape index (κ2) is 7.61. The Labute approximate surface area is 140 Å². The highest BCUT2D eigenvalue weighted by atomic mass is 32.3. The van der Waals surface area contributed by atoms with Crippen LogP contribution in [0, 0.1) is 0 Å². The highest BCUT2D eigenvalue weighted by Crippen LogP contribution is 2.30. The summed E-state index contributed by atoms with van der Waals surface area (Å²) in [5, 5.41) is 3.71. The molecular weight excluding hydrogens is 344 g/mol. The molecule has 0 unspecified atom stereocenters. The third-order valence-electron chi connectivity index (χ3n) is 3.73. The normalized spacial score (nSPS) is 23.9. The Hall–Kier alpha value is -1.47. The van der Waals surface area contributed by atoms with Crippen molar-refractivity contribution >= 4 is 22.3 Å². The SMILES string of the molecule is CC(C)NCCONC(=O)[C@@H]1CC[C@@H]2CN1C(=O)N2OS(=O)(=O)O. The summed E-state index contributed by atoms with van der Waals surface area (Å²) in [7, 11) is -4.80. The molecule has 2 bridgehead atoms. The molecule has 138 valence electrons. The van der Waals surface area contributed by atoms with Gasteiger partial charge in [0.25, 0.3) is 5.91 Å². The zero-order chi connectivity index (χ0) is 17.9. The number of hydroxylamine groups is 3. The number of carbonyl (C=O) groups excluding carboxylic acids is 2. The number of hydrogen-bond donors (Lipinski definition) is 3. The van der Waals surface area contributed by atoms with E-state index in [1.165, 1.54) is 4.90 Å². The molecule has 0 spiro atoms. The van der Waals surface area contributed by atoms with Gasteiger partial charge in [-0.2, -0.15) is 13.5 Å². The summed E-state index contributed by atoms with van der Waals surface area (Å²) in [6.45, 7) is 4.93. The molecule has 2 heterocycles. The first kappa shape index (κ1) is 18.9. The molecule has 0 saturated carbocycles. The van der Waals surface area contributed by atoms with E-state index in [1.807, 2.05) is 13.8 Å². The first-order valence-corrected chi connectivity index (χ1v) is 8.97. The number of nitrogens with one attached hydrogen (secondary N) is 2.